The Morgan fingerprint density at radius 3 is 2.63 bits per heavy atom. The first-order valence-corrected chi connectivity index (χ1v) is 7.28. The van der Waals surface area contributed by atoms with E-state index < -0.39 is 0 Å². The Hall–Kier alpha value is -0.810. The first kappa shape index (κ1) is 16.2. The molecule has 0 aromatic carbocycles. The summed E-state index contributed by atoms with van der Waals surface area (Å²) in [4.78, 5) is 13.7. The molecular formula is C14H28N2O3. The summed E-state index contributed by atoms with van der Waals surface area (Å²) < 4.78 is 4.67. The van der Waals surface area contributed by atoms with Gasteiger partial charge in [-0.1, -0.05) is 13.8 Å². The Balaban J connectivity index is 2.68. The highest BCUT2D eigenvalue weighted by atomic mass is 16.5. The van der Waals surface area contributed by atoms with Crippen LogP contribution in [0.2, 0.25) is 0 Å². The predicted molar refractivity (Wildman–Crippen MR) is 75.1 cm³/mol. The molecule has 1 heterocycles. The van der Waals surface area contributed by atoms with Gasteiger partial charge in [-0.25, -0.2) is 4.79 Å². The molecule has 1 aliphatic rings. The van der Waals surface area contributed by atoms with Gasteiger partial charge in [0.2, 0.25) is 0 Å². The van der Waals surface area contributed by atoms with Crippen molar-refractivity contribution in [2.45, 2.75) is 58.2 Å². The molecule has 1 saturated heterocycles. The van der Waals surface area contributed by atoms with Crippen LogP contribution >= 0.6 is 0 Å². The van der Waals surface area contributed by atoms with Gasteiger partial charge in [0.25, 0.3) is 0 Å². The number of nitrogens with one attached hydrogen (secondary N) is 1. The second-order valence-electron chi connectivity index (χ2n) is 5.52. The SMILES string of the molecule is CCC(O)C1CC(NC(=O)OC)CN(C(C)CC)C1. The molecule has 4 atom stereocenters. The molecule has 5 heteroatoms. The summed E-state index contributed by atoms with van der Waals surface area (Å²) in [5.41, 5.74) is 0. The van der Waals surface area contributed by atoms with E-state index in [-0.39, 0.29) is 24.2 Å². The van der Waals surface area contributed by atoms with Gasteiger partial charge in [-0.15, -0.1) is 0 Å². The van der Waals surface area contributed by atoms with Gasteiger partial charge in [-0.2, -0.15) is 0 Å². The van der Waals surface area contributed by atoms with E-state index in [0.29, 0.717) is 6.04 Å². The van der Waals surface area contributed by atoms with Crippen LogP contribution in [-0.4, -0.2) is 54.5 Å². The molecule has 0 aliphatic carbocycles. The molecule has 1 fully saturated rings. The monoisotopic (exact) mass is 272 g/mol. The third-order valence-electron chi connectivity index (χ3n) is 4.20. The van der Waals surface area contributed by atoms with Crippen LogP contribution in [0.3, 0.4) is 0 Å². The van der Waals surface area contributed by atoms with E-state index >= 15 is 0 Å². The summed E-state index contributed by atoms with van der Waals surface area (Å²) in [6.07, 6.45) is 1.95. The van der Waals surface area contributed by atoms with Crippen molar-refractivity contribution in [1.82, 2.24) is 10.2 Å². The summed E-state index contributed by atoms with van der Waals surface area (Å²) in [6.45, 7) is 8.08. The number of aliphatic hydroxyl groups is 1. The van der Waals surface area contributed by atoms with Crippen molar-refractivity contribution in [3.8, 4) is 0 Å². The summed E-state index contributed by atoms with van der Waals surface area (Å²) in [5.74, 6) is 0.218. The number of alkyl carbamates (subject to hydrolysis) is 1. The lowest BCUT2D eigenvalue weighted by atomic mass is 9.87. The third-order valence-corrected chi connectivity index (χ3v) is 4.20. The molecule has 0 saturated carbocycles. The normalized spacial score (nSPS) is 27.6. The number of ether oxygens (including phenoxy) is 1. The largest absolute Gasteiger partial charge is 0.453 e. The van der Waals surface area contributed by atoms with E-state index in [0.717, 1.165) is 32.4 Å². The zero-order chi connectivity index (χ0) is 14.4. The topological polar surface area (TPSA) is 61.8 Å². The highest BCUT2D eigenvalue weighted by Gasteiger charge is 2.33. The number of piperidine rings is 1. The van der Waals surface area contributed by atoms with E-state index in [1.165, 1.54) is 7.11 Å². The maximum Gasteiger partial charge on any atom is 0.407 e. The lowest BCUT2D eigenvalue weighted by Crippen LogP contribution is -2.55. The number of methoxy groups -OCH3 is 1. The number of carbonyl (C=O) groups excluding carboxylic acids is 1. The molecule has 19 heavy (non-hydrogen) atoms. The van der Waals surface area contributed by atoms with Gasteiger partial charge < -0.3 is 15.2 Å². The van der Waals surface area contributed by atoms with Gasteiger partial charge in [0, 0.05) is 25.2 Å². The fourth-order valence-electron chi connectivity index (χ4n) is 2.73. The third kappa shape index (κ3) is 4.66. The van der Waals surface area contributed by atoms with Gasteiger partial charge in [0.1, 0.15) is 0 Å². The number of hydrogen-bond donors (Lipinski definition) is 2. The summed E-state index contributed by atoms with van der Waals surface area (Å²) in [6, 6.07) is 0.523. The second-order valence-corrected chi connectivity index (χ2v) is 5.52. The lowest BCUT2D eigenvalue weighted by molar-refractivity contribution is 0.0210. The van der Waals surface area contributed by atoms with Crippen LogP contribution in [0.15, 0.2) is 0 Å². The number of aliphatic hydroxyl groups excluding tert-OH is 1. The zero-order valence-electron chi connectivity index (χ0n) is 12.6. The number of amides is 1. The maximum atomic E-state index is 11.4. The van der Waals surface area contributed by atoms with Gasteiger partial charge >= 0.3 is 6.09 Å². The molecular weight excluding hydrogens is 244 g/mol. The van der Waals surface area contributed by atoms with Crippen LogP contribution in [0, 0.1) is 5.92 Å². The molecule has 0 spiro atoms. The molecule has 4 unspecified atom stereocenters. The van der Waals surface area contributed by atoms with Crippen LogP contribution in [0.5, 0.6) is 0 Å². The van der Waals surface area contributed by atoms with Crippen LogP contribution < -0.4 is 5.32 Å². The van der Waals surface area contributed by atoms with Gasteiger partial charge in [0.15, 0.2) is 0 Å². The number of hydrogen-bond acceptors (Lipinski definition) is 4. The van der Waals surface area contributed by atoms with Gasteiger partial charge in [0.05, 0.1) is 13.2 Å². The Morgan fingerprint density at radius 2 is 2.11 bits per heavy atom. The quantitative estimate of drug-likeness (QED) is 0.798. The lowest BCUT2D eigenvalue weighted by Gasteiger charge is -2.42. The van der Waals surface area contributed by atoms with E-state index in [1.807, 2.05) is 6.92 Å². The highest BCUT2D eigenvalue weighted by molar-refractivity contribution is 5.67. The Kier molecular flexibility index (Phi) is 6.58. The van der Waals surface area contributed by atoms with Crippen molar-refractivity contribution in [2.24, 2.45) is 5.92 Å². The highest BCUT2D eigenvalue weighted by Crippen LogP contribution is 2.24. The first-order valence-electron chi connectivity index (χ1n) is 7.28. The van der Waals surface area contributed by atoms with E-state index in [2.05, 4.69) is 28.8 Å². The molecule has 0 bridgehead atoms. The fraction of sp³-hybridized carbons (Fsp3) is 0.929. The maximum absolute atomic E-state index is 11.4. The number of nitrogens with zero attached hydrogens (tertiary/aromatic N) is 1. The number of rotatable bonds is 5. The van der Waals surface area contributed by atoms with Crippen molar-refractivity contribution in [3.05, 3.63) is 0 Å². The Labute approximate surface area is 116 Å². The number of carbonyl (C=O) groups is 1. The molecule has 0 aromatic heterocycles. The minimum atomic E-state index is -0.388. The van der Waals surface area contributed by atoms with Crippen LogP contribution in [-0.2, 0) is 4.74 Å². The molecule has 5 nitrogen and oxygen atoms in total. The zero-order valence-corrected chi connectivity index (χ0v) is 12.6. The average Bonchev–Trinajstić information content (AvgIpc) is 2.44. The van der Waals surface area contributed by atoms with E-state index in [1.54, 1.807) is 0 Å². The molecule has 1 aliphatic heterocycles. The molecule has 1 rings (SSSR count). The van der Waals surface area contributed by atoms with E-state index in [4.69, 9.17) is 0 Å². The van der Waals surface area contributed by atoms with Gasteiger partial charge in [-0.3, -0.25) is 4.90 Å². The Bertz CT molecular complexity index is 268. The predicted octanol–water partition coefficient (Wildman–Crippen LogP) is 1.60. The minimum Gasteiger partial charge on any atom is -0.453 e. The molecule has 2 N–H and O–H groups in total. The molecule has 0 radical (unpaired) electrons. The molecule has 112 valence electrons. The Morgan fingerprint density at radius 1 is 1.42 bits per heavy atom. The first-order chi connectivity index (χ1) is 9.01. The van der Waals surface area contributed by atoms with Crippen molar-refractivity contribution in [3.63, 3.8) is 0 Å². The summed E-state index contributed by atoms with van der Waals surface area (Å²) in [5, 5.41) is 13.0. The molecule has 0 aromatic rings. The summed E-state index contributed by atoms with van der Waals surface area (Å²) >= 11 is 0. The van der Waals surface area contributed by atoms with Crippen LogP contribution in [0.1, 0.15) is 40.0 Å². The van der Waals surface area contributed by atoms with Gasteiger partial charge in [-0.05, 0) is 32.1 Å². The second kappa shape index (κ2) is 7.70. The van der Waals surface area contributed by atoms with Crippen LogP contribution in [0.25, 0.3) is 0 Å². The standard InChI is InChI=1S/C14H28N2O3/c1-5-10(3)16-8-11(13(17)6-2)7-12(9-16)15-14(18)19-4/h10-13,17H,5-9H2,1-4H3,(H,15,18). The van der Waals surface area contributed by atoms with E-state index in [9.17, 15) is 9.90 Å². The van der Waals surface area contributed by atoms with Crippen molar-refractivity contribution < 1.29 is 14.6 Å². The van der Waals surface area contributed by atoms with Crippen molar-refractivity contribution in [1.29, 1.82) is 0 Å². The average molecular weight is 272 g/mol. The van der Waals surface area contributed by atoms with Crippen molar-refractivity contribution in [2.75, 3.05) is 20.2 Å². The fourth-order valence-corrected chi connectivity index (χ4v) is 2.73. The molecule has 1 amide bonds. The summed E-state index contributed by atoms with van der Waals surface area (Å²) in [7, 11) is 1.38. The minimum absolute atomic E-state index is 0.0569. The van der Waals surface area contributed by atoms with Crippen LogP contribution in [0.4, 0.5) is 4.79 Å². The number of likely N-dealkylation sites (tertiary alicyclic amines) is 1. The van der Waals surface area contributed by atoms with Crippen molar-refractivity contribution >= 4 is 6.09 Å². The smallest absolute Gasteiger partial charge is 0.407 e.